The summed E-state index contributed by atoms with van der Waals surface area (Å²) in [5, 5.41) is 8.47. The Bertz CT molecular complexity index is 280. The van der Waals surface area contributed by atoms with Gasteiger partial charge in [0.25, 0.3) is 0 Å². The second-order valence-corrected chi connectivity index (χ2v) is 6.38. The highest BCUT2D eigenvalue weighted by Crippen LogP contribution is 2.25. The predicted octanol–water partition coefficient (Wildman–Crippen LogP) is 0.381. The average Bonchev–Trinajstić information content (AvgIpc) is 2.08. The molecular weight excluding hydrogens is 261 g/mol. The van der Waals surface area contributed by atoms with Crippen molar-refractivity contribution in [1.82, 2.24) is 4.72 Å². The Balaban J connectivity index is 4.92. The van der Waals surface area contributed by atoms with Gasteiger partial charge in [0, 0.05) is 11.4 Å². The monoisotopic (exact) mass is 276 g/mol. The van der Waals surface area contributed by atoms with E-state index in [0.29, 0.717) is 0 Å². The van der Waals surface area contributed by atoms with Gasteiger partial charge in [0.1, 0.15) is 10.8 Å². The fourth-order valence-corrected chi connectivity index (χ4v) is 1.64. The van der Waals surface area contributed by atoms with Gasteiger partial charge in [0.2, 0.25) is 0 Å². The van der Waals surface area contributed by atoms with Crippen molar-refractivity contribution in [2.75, 3.05) is 0 Å². The van der Waals surface area contributed by atoms with Crippen LogP contribution in [0.15, 0.2) is 0 Å². The predicted molar refractivity (Wildman–Crippen MR) is 56.5 cm³/mol. The number of carbonyl (C=O) groups is 1. The first-order valence-corrected chi connectivity index (χ1v) is 5.75. The van der Waals surface area contributed by atoms with Crippen LogP contribution in [-0.2, 0) is 16.2 Å². The number of halogens is 3. The molecular formula is C8H15F3N2O3S. The SMILES string of the molecule is CC(C)(C)[S@+]([O-])N[C@@H]([C@H](N)C(=O)O)C(F)(F)F. The van der Waals surface area contributed by atoms with Crippen LogP contribution in [0, 0.1) is 0 Å². The molecule has 0 aromatic rings. The molecule has 0 saturated heterocycles. The van der Waals surface area contributed by atoms with E-state index < -0.39 is 40.3 Å². The minimum Gasteiger partial charge on any atom is -0.598 e. The van der Waals surface area contributed by atoms with Gasteiger partial charge in [-0.15, -0.1) is 4.72 Å². The number of rotatable bonds is 4. The Hall–Kier alpha value is -0.510. The van der Waals surface area contributed by atoms with Crippen LogP contribution in [0.2, 0.25) is 0 Å². The van der Waals surface area contributed by atoms with Crippen molar-refractivity contribution < 1.29 is 27.6 Å². The van der Waals surface area contributed by atoms with E-state index in [1.54, 1.807) is 4.72 Å². The van der Waals surface area contributed by atoms with Crippen molar-refractivity contribution in [3.63, 3.8) is 0 Å². The molecule has 0 bridgehead atoms. The van der Waals surface area contributed by atoms with E-state index in [-0.39, 0.29) is 0 Å². The van der Waals surface area contributed by atoms with Crippen LogP contribution in [0.25, 0.3) is 0 Å². The van der Waals surface area contributed by atoms with Gasteiger partial charge in [-0.2, -0.15) is 13.2 Å². The van der Waals surface area contributed by atoms with Crippen molar-refractivity contribution in [2.45, 2.75) is 43.8 Å². The van der Waals surface area contributed by atoms with E-state index in [4.69, 9.17) is 10.8 Å². The molecule has 4 N–H and O–H groups in total. The van der Waals surface area contributed by atoms with E-state index in [1.165, 1.54) is 20.8 Å². The summed E-state index contributed by atoms with van der Waals surface area (Å²) in [5.41, 5.74) is 4.92. The molecule has 0 amide bonds. The van der Waals surface area contributed by atoms with Crippen LogP contribution in [0.5, 0.6) is 0 Å². The largest absolute Gasteiger partial charge is 0.598 e. The highest BCUT2D eigenvalue weighted by atomic mass is 32.2. The summed E-state index contributed by atoms with van der Waals surface area (Å²) < 4.78 is 49.9. The highest BCUT2D eigenvalue weighted by Gasteiger charge is 2.50. The quantitative estimate of drug-likeness (QED) is 0.645. The smallest absolute Gasteiger partial charge is 0.410 e. The molecule has 0 aliphatic heterocycles. The molecule has 0 fully saturated rings. The lowest BCUT2D eigenvalue weighted by Crippen LogP contribution is -2.61. The summed E-state index contributed by atoms with van der Waals surface area (Å²) in [6, 6.07) is -4.76. The molecule has 0 spiro atoms. The normalized spacial score (nSPS) is 18.6. The number of nitrogens with two attached hydrogens (primary N) is 1. The van der Waals surface area contributed by atoms with E-state index in [2.05, 4.69) is 0 Å². The van der Waals surface area contributed by atoms with Gasteiger partial charge in [-0.1, -0.05) is 0 Å². The van der Waals surface area contributed by atoms with Crippen molar-refractivity contribution in [2.24, 2.45) is 5.73 Å². The number of carboxylic acid groups (broad SMARTS) is 1. The molecule has 0 radical (unpaired) electrons. The first-order chi connectivity index (χ1) is 7.37. The second-order valence-electron chi connectivity index (χ2n) is 4.38. The average molecular weight is 276 g/mol. The molecule has 5 nitrogen and oxygen atoms in total. The number of hydrogen-bond acceptors (Lipinski definition) is 4. The van der Waals surface area contributed by atoms with E-state index in [1.807, 2.05) is 0 Å². The number of alkyl halides is 3. The van der Waals surface area contributed by atoms with Gasteiger partial charge >= 0.3 is 12.1 Å². The zero-order chi connectivity index (χ0) is 14.0. The standard InChI is InChI=1S/C8H15F3N2O3S/c1-7(2,3)17(16)13-5(8(9,10)11)4(12)6(14)15/h4-5,13H,12H2,1-3H3,(H,14,15)/t4-,5-,17-/m0/s1. The lowest BCUT2D eigenvalue weighted by Gasteiger charge is -2.30. The Morgan fingerprint density at radius 3 is 2.06 bits per heavy atom. The molecule has 0 rings (SSSR count). The lowest BCUT2D eigenvalue weighted by molar-refractivity contribution is -0.167. The van der Waals surface area contributed by atoms with Crippen molar-refractivity contribution in [3.05, 3.63) is 0 Å². The summed E-state index contributed by atoms with van der Waals surface area (Å²) in [6.07, 6.45) is -4.89. The maximum absolute atomic E-state index is 12.5. The van der Waals surface area contributed by atoms with Gasteiger partial charge < -0.3 is 15.4 Å². The number of nitrogens with one attached hydrogen (secondary N) is 1. The molecule has 0 aliphatic carbocycles. The lowest BCUT2D eigenvalue weighted by atomic mass is 10.1. The molecule has 3 atom stereocenters. The van der Waals surface area contributed by atoms with Crippen LogP contribution < -0.4 is 10.5 Å². The van der Waals surface area contributed by atoms with Gasteiger partial charge in [-0.25, -0.2) is 0 Å². The Morgan fingerprint density at radius 2 is 1.82 bits per heavy atom. The molecule has 0 saturated carbocycles. The summed E-state index contributed by atoms with van der Waals surface area (Å²) in [6.45, 7) is 4.36. The molecule has 0 aromatic carbocycles. The molecule has 17 heavy (non-hydrogen) atoms. The maximum Gasteiger partial charge on any atom is 0.410 e. The zero-order valence-corrected chi connectivity index (χ0v) is 10.4. The Morgan fingerprint density at radius 1 is 1.41 bits per heavy atom. The first-order valence-electron chi connectivity index (χ1n) is 4.60. The summed E-state index contributed by atoms with van der Waals surface area (Å²) >= 11 is -2.06. The van der Waals surface area contributed by atoms with Crippen LogP contribution in [-0.4, -0.2) is 38.6 Å². The van der Waals surface area contributed by atoms with Crippen LogP contribution in [0.3, 0.4) is 0 Å². The van der Waals surface area contributed by atoms with E-state index in [0.717, 1.165) is 0 Å². The van der Waals surface area contributed by atoms with Crippen molar-refractivity contribution in [3.8, 4) is 0 Å². The van der Waals surface area contributed by atoms with Crippen LogP contribution in [0.4, 0.5) is 13.2 Å². The maximum atomic E-state index is 12.5. The molecule has 102 valence electrons. The van der Waals surface area contributed by atoms with Gasteiger partial charge in [-0.05, 0) is 20.8 Å². The van der Waals surface area contributed by atoms with Crippen molar-refractivity contribution in [1.29, 1.82) is 0 Å². The first kappa shape index (κ1) is 16.5. The zero-order valence-electron chi connectivity index (χ0n) is 9.54. The molecule has 0 heterocycles. The van der Waals surface area contributed by atoms with Gasteiger partial charge in [0.05, 0.1) is 0 Å². The molecule has 0 aromatic heterocycles. The third-order valence-electron chi connectivity index (χ3n) is 1.79. The van der Waals surface area contributed by atoms with Gasteiger partial charge in [-0.3, -0.25) is 4.79 Å². The molecule has 0 aliphatic rings. The minimum atomic E-state index is -4.89. The summed E-state index contributed by atoms with van der Waals surface area (Å²) in [4.78, 5) is 10.5. The fraction of sp³-hybridized carbons (Fsp3) is 0.875. The fourth-order valence-electron chi connectivity index (χ4n) is 0.778. The van der Waals surface area contributed by atoms with E-state index >= 15 is 0 Å². The van der Waals surface area contributed by atoms with Crippen LogP contribution in [0.1, 0.15) is 20.8 Å². The van der Waals surface area contributed by atoms with Crippen LogP contribution >= 0.6 is 0 Å². The topological polar surface area (TPSA) is 98.4 Å². The number of aliphatic carboxylic acids is 1. The van der Waals surface area contributed by atoms with Crippen molar-refractivity contribution >= 4 is 17.3 Å². The third kappa shape index (κ3) is 5.11. The second kappa shape index (κ2) is 5.42. The Labute approximate surface area is 99.9 Å². The molecule has 9 heteroatoms. The molecule has 0 unspecified atom stereocenters. The summed E-state index contributed by atoms with van der Waals surface area (Å²) in [5.74, 6) is -1.81. The number of carboxylic acids is 1. The van der Waals surface area contributed by atoms with Gasteiger partial charge in [0.15, 0.2) is 6.04 Å². The highest BCUT2D eigenvalue weighted by molar-refractivity contribution is 7.90. The number of hydrogen-bond donors (Lipinski definition) is 3. The Kier molecular flexibility index (Phi) is 5.26. The minimum absolute atomic E-state index is 0.957. The van der Waals surface area contributed by atoms with E-state index in [9.17, 15) is 22.5 Å². The third-order valence-corrected chi connectivity index (χ3v) is 3.37. The summed E-state index contributed by atoms with van der Waals surface area (Å²) in [7, 11) is 0.